The Kier molecular flexibility index (Phi) is 8.24. The van der Waals surface area contributed by atoms with E-state index < -0.39 is 5.97 Å². The number of hydrogen-bond acceptors (Lipinski definition) is 5. The molecule has 118 valence electrons. The van der Waals surface area contributed by atoms with Crippen LogP contribution in [0, 0.1) is 5.92 Å². The molecule has 0 saturated carbocycles. The normalized spacial score (nSPS) is 17.5. The Labute approximate surface area is 135 Å². The van der Waals surface area contributed by atoms with Gasteiger partial charge in [0.1, 0.15) is 5.69 Å². The molecule has 1 aliphatic heterocycles. The molecule has 8 heteroatoms. The third-order valence-corrected chi connectivity index (χ3v) is 3.26. The fourth-order valence-corrected chi connectivity index (χ4v) is 2.24. The highest BCUT2D eigenvalue weighted by molar-refractivity contribution is 5.86. The van der Waals surface area contributed by atoms with E-state index in [1.165, 1.54) is 13.2 Å². The second kappa shape index (κ2) is 8.81. The number of carboxylic acids is 1. The van der Waals surface area contributed by atoms with E-state index in [0.717, 1.165) is 18.5 Å². The quantitative estimate of drug-likeness (QED) is 0.841. The number of likely N-dealkylation sites (tertiary alicyclic amines) is 1. The lowest BCUT2D eigenvalue weighted by Gasteiger charge is -2.15. The fraction of sp³-hybridized carbons (Fsp3) is 0.462. The molecule has 0 bridgehead atoms. The Bertz CT molecular complexity index is 482. The van der Waals surface area contributed by atoms with E-state index in [-0.39, 0.29) is 42.4 Å². The van der Waals surface area contributed by atoms with Gasteiger partial charge in [0.2, 0.25) is 0 Å². The molecule has 0 unspecified atom stereocenters. The maximum Gasteiger partial charge on any atom is 0.354 e. The van der Waals surface area contributed by atoms with E-state index in [1.54, 1.807) is 12.3 Å². The third-order valence-electron chi connectivity index (χ3n) is 3.26. The molecule has 1 aromatic heterocycles. The van der Waals surface area contributed by atoms with Crippen LogP contribution in [0.25, 0.3) is 0 Å². The van der Waals surface area contributed by atoms with Gasteiger partial charge in [0.25, 0.3) is 0 Å². The molecule has 1 aromatic rings. The molecular weight excluding hydrogens is 319 g/mol. The highest BCUT2D eigenvalue weighted by Gasteiger charge is 2.28. The fourth-order valence-electron chi connectivity index (χ4n) is 2.24. The van der Waals surface area contributed by atoms with Crippen molar-refractivity contribution >= 4 is 36.8 Å². The number of aromatic carboxylic acids is 1. The van der Waals surface area contributed by atoms with Crippen LogP contribution in [0.2, 0.25) is 0 Å². The highest BCUT2D eigenvalue weighted by atomic mass is 35.5. The largest absolute Gasteiger partial charge is 0.477 e. The second-order valence-corrected chi connectivity index (χ2v) is 4.60. The second-order valence-electron chi connectivity index (χ2n) is 4.60. The predicted octanol–water partition coefficient (Wildman–Crippen LogP) is 1.62. The molecule has 2 heterocycles. The molecule has 1 aliphatic rings. The number of rotatable bonds is 4. The first-order valence-corrected chi connectivity index (χ1v) is 6.08. The summed E-state index contributed by atoms with van der Waals surface area (Å²) in [5.41, 5.74) is 0.980. The standard InChI is InChI=1S/C13H16N2O4.2ClH/c1-19-13(18)10-4-5-15(8-10)7-9-2-3-11(12(16)17)14-6-9;;/h2-3,6,10H,4-5,7-8H2,1H3,(H,16,17);2*1H/t10-;;/m0../s1. The molecule has 0 radical (unpaired) electrons. The average Bonchev–Trinajstić information content (AvgIpc) is 2.87. The average molecular weight is 337 g/mol. The number of aromatic nitrogens is 1. The first kappa shape index (κ1) is 19.6. The molecule has 6 nitrogen and oxygen atoms in total. The molecule has 0 aliphatic carbocycles. The number of ether oxygens (including phenoxy) is 1. The molecule has 1 fully saturated rings. The maximum absolute atomic E-state index is 11.4. The molecule has 1 saturated heterocycles. The monoisotopic (exact) mass is 336 g/mol. The lowest BCUT2D eigenvalue weighted by atomic mass is 10.1. The number of nitrogens with zero attached hydrogens (tertiary/aromatic N) is 2. The van der Waals surface area contributed by atoms with E-state index >= 15 is 0 Å². The Morgan fingerprint density at radius 3 is 2.67 bits per heavy atom. The molecule has 0 spiro atoms. The summed E-state index contributed by atoms with van der Waals surface area (Å²) in [6, 6.07) is 3.24. The van der Waals surface area contributed by atoms with E-state index in [4.69, 9.17) is 9.84 Å². The van der Waals surface area contributed by atoms with Crippen LogP contribution in [-0.4, -0.2) is 47.1 Å². The lowest BCUT2D eigenvalue weighted by molar-refractivity contribution is -0.144. The van der Waals surface area contributed by atoms with Gasteiger partial charge in [-0.15, -0.1) is 24.8 Å². The summed E-state index contributed by atoms with van der Waals surface area (Å²) >= 11 is 0. The summed E-state index contributed by atoms with van der Waals surface area (Å²) < 4.78 is 4.73. The van der Waals surface area contributed by atoms with Crippen molar-refractivity contribution in [3.05, 3.63) is 29.6 Å². The molecule has 1 N–H and O–H groups in total. The van der Waals surface area contributed by atoms with Gasteiger partial charge in [-0.3, -0.25) is 9.69 Å². The number of hydrogen-bond donors (Lipinski definition) is 1. The van der Waals surface area contributed by atoms with Gasteiger partial charge in [-0.2, -0.15) is 0 Å². The SMILES string of the molecule is COC(=O)[C@H]1CCN(Cc2ccc(C(=O)O)nc2)C1.Cl.Cl. The zero-order chi connectivity index (χ0) is 13.8. The van der Waals surface area contributed by atoms with Gasteiger partial charge in [-0.05, 0) is 24.6 Å². The zero-order valence-electron chi connectivity index (χ0n) is 11.5. The number of carbonyl (C=O) groups is 2. The molecule has 1 atom stereocenters. The van der Waals surface area contributed by atoms with Crippen molar-refractivity contribution in [2.45, 2.75) is 13.0 Å². The van der Waals surface area contributed by atoms with Crippen LogP contribution in [0.4, 0.5) is 0 Å². The van der Waals surface area contributed by atoms with Gasteiger partial charge >= 0.3 is 11.9 Å². The molecule has 21 heavy (non-hydrogen) atoms. The van der Waals surface area contributed by atoms with Crippen LogP contribution in [0.5, 0.6) is 0 Å². The van der Waals surface area contributed by atoms with E-state index in [1.807, 2.05) is 0 Å². The number of methoxy groups -OCH3 is 1. The van der Waals surface area contributed by atoms with E-state index in [9.17, 15) is 9.59 Å². The van der Waals surface area contributed by atoms with Crippen molar-refractivity contribution in [3.8, 4) is 0 Å². The summed E-state index contributed by atoms with van der Waals surface area (Å²) in [5, 5.41) is 8.76. The summed E-state index contributed by atoms with van der Waals surface area (Å²) in [5.74, 6) is -1.25. The van der Waals surface area contributed by atoms with Crippen LogP contribution in [0.1, 0.15) is 22.5 Å². The van der Waals surface area contributed by atoms with Gasteiger partial charge in [0.15, 0.2) is 0 Å². The number of carbonyl (C=O) groups excluding carboxylic acids is 1. The summed E-state index contributed by atoms with van der Waals surface area (Å²) in [4.78, 5) is 28.1. The Morgan fingerprint density at radius 1 is 1.43 bits per heavy atom. The zero-order valence-corrected chi connectivity index (χ0v) is 13.2. The van der Waals surface area contributed by atoms with Crippen LogP contribution < -0.4 is 0 Å². The van der Waals surface area contributed by atoms with Crippen molar-refractivity contribution in [2.75, 3.05) is 20.2 Å². The Morgan fingerprint density at radius 2 is 2.14 bits per heavy atom. The van der Waals surface area contributed by atoms with Crippen molar-refractivity contribution in [1.29, 1.82) is 0 Å². The minimum absolute atomic E-state index is 0. The first-order chi connectivity index (χ1) is 9.10. The summed E-state index contributed by atoms with van der Waals surface area (Å²) in [6.45, 7) is 2.17. The number of pyridine rings is 1. The number of esters is 1. The molecule has 0 amide bonds. The van der Waals surface area contributed by atoms with Crippen molar-refractivity contribution < 1.29 is 19.4 Å². The minimum Gasteiger partial charge on any atom is -0.477 e. The topological polar surface area (TPSA) is 79.7 Å². The number of carboxylic acid groups (broad SMARTS) is 1. The van der Waals surface area contributed by atoms with E-state index in [2.05, 4.69) is 9.88 Å². The smallest absolute Gasteiger partial charge is 0.354 e. The van der Waals surface area contributed by atoms with Gasteiger partial charge in [0.05, 0.1) is 13.0 Å². The Balaban J connectivity index is 0.00000200. The van der Waals surface area contributed by atoms with Crippen LogP contribution in [0.15, 0.2) is 18.3 Å². The van der Waals surface area contributed by atoms with Crippen LogP contribution >= 0.6 is 24.8 Å². The Hall–Kier alpha value is -1.37. The predicted molar refractivity (Wildman–Crippen MR) is 81.1 cm³/mol. The lowest BCUT2D eigenvalue weighted by Crippen LogP contribution is -2.23. The van der Waals surface area contributed by atoms with Crippen molar-refractivity contribution in [1.82, 2.24) is 9.88 Å². The van der Waals surface area contributed by atoms with Gasteiger partial charge in [-0.1, -0.05) is 6.07 Å². The molecular formula is C13H18Cl2N2O4. The van der Waals surface area contributed by atoms with Gasteiger partial charge < -0.3 is 9.84 Å². The van der Waals surface area contributed by atoms with Crippen LogP contribution in [-0.2, 0) is 16.1 Å². The van der Waals surface area contributed by atoms with Crippen molar-refractivity contribution in [3.63, 3.8) is 0 Å². The summed E-state index contributed by atoms with van der Waals surface area (Å²) in [7, 11) is 1.40. The van der Waals surface area contributed by atoms with Crippen LogP contribution in [0.3, 0.4) is 0 Å². The highest BCUT2D eigenvalue weighted by Crippen LogP contribution is 2.19. The van der Waals surface area contributed by atoms with Gasteiger partial charge in [-0.25, -0.2) is 9.78 Å². The summed E-state index contributed by atoms with van der Waals surface area (Å²) in [6.07, 6.45) is 2.36. The van der Waals surface area contributed by atoms with E-state index in [0.29, 0.717) is 13.1 Å². The molecule has 2 rings (SSSR count). The molecule has 0 aromatic carbocycles. The first-order valence-electron chi connectivity index (χ1n) is 6.08. The number of halogens is 2. The van der Waals surface area contributed by atoms with Crippen molar-refractivity contribution in [2.24, 2.45) is 5.92 Å². The maximum atomic E-state index is 11.4. The minimum atomic E-state index is -1.03. The third kappa shape index (κ3) is 5.15. The van der Waals surface area contributed by atoms with Gasteiger partial charge in [0, 0.05) is 19.3 Å².